The largest absolute Gasteiger partial charge is 0.475 e. The molecule has 4 aromatic rings. The molecule has 0 amide bonds. The van der Waals surface area contributed by atoms with Crippen LogP contribution in [0.5, 0.6) is 0 Å². The molecule has 0 unspecified atom stereocenters. The van der Waals surface area contributed by atoms with E-state index in [1.807, 2.05) is 6.07 Å². The molecule has 63 heavy (non-hydrogen) atoms. The van der Waals surface area contributed by atoms with Crippen LogP contribution in [0.15, 0.2) is 122 Å². The number of hydrogen-bond donors (Lipinski definition) is 0. The summed E-state index contributed by atoms with van der Waals surface area (Å²) >= 11 is 1.06. The van der Waals surface area contributed by atoms with Gasteiger partial charge in [-0.05, 0) is 42.0 Å². The number of carbonyl (C=O) groups is 2. The highest BCUT2D eigenvalue weighted by molar-refractivity contribution is 8.03. The first-order valence-corrected chi connectivity index (χ1v) is 21.3. The Morgan fingerprint density at radius 3 is 2.38 bits per heavy atom. The number of halogens is 3. The molecule has 330 valence electrons. The van der Waals surface area contributed by atoms with Gasteiger partial charge in [-0.2, -0.15) is 10.4 Å². The Morgan fingerprint density at radius 1 is 1.00 bits per heavy atom. The number of phosphoric ester groups is 1. The monoisotopic (exact) mass is 906 g/mol. The number of benzene rings is 3. The molecule has 0 bridgehead atoms. The summed E-state index contributed by atoms with van der Waals surface area (Å²) in [6.45, 7) is 11.1. The number of nitriles is 1. The Morgan fingerprint density at radius 2 is 1.75 bits per heavy atom. The van der Waals surface area contributed by atoms with Crippen molar-refractivity contribution in [3.05, 3.63) is 173 Å². The highest BCUT2D eigenvalue weighted by Gasteiger charge is 2.45. The third kappa shape index (κ3) is 13.5. The zero-order valence-electron chi connectivity index (χ0n) is 33.9. The molecule has 14 nitrogen and oxygen atoms in total. The Bertz CT molecular complexity index is 2420. The molecule has 1 fully saturated rings. The summed E-state index contributed by atoms with van der Waals surface area (Å²) in [6, 6.07) is 13.1. The first kappa shape index (κ1) is 48.1. The van der Waals surface area contributed by atoms with Crippen molar-refractivity contribution in [1.29, 1.82) is 5.26 Å². The van der Waals surface area contributed by atoms with Crippen molar-refractivity contribution in [3.63, 3.8) is 0 Å². The number of nitrogens with zero attached hydrogens (tertiary/aromatic N) is 4. The van der Waals surface area contributed by atoms with E-state index in [1.165, 1.54) is 72.8 Å². The van der Waals surface area contributed by atoms with Gasteiger partial charge < -0.3 is 18.9 Å². The number of thioether (sulfide) groups is 1. The number of phosphoric acid groups is 1. The average molecular weight is 907 g/mol. The molecular weight excluding hydrogens is 865 g/mol. The van der Waals surface area contributed by atoms with Crippen LogP contribution < -0.4 is 0 Å². The predicted molar refractivity (Wildman–Crippen MR) is 226 cm³/mol. The van der Waals surface area contributed by atoms with Crippen molar-refractivity contribution >= 4 is 37.6 Å². The van der Waals surface area contributed by atoms with E-state index in [0.717, 1.165) is 30.0 Å². The minimum atomic E-state index is -4.15. The molecule has 1 atom stereocenters. The SMILES string of the molecule is C=CCOP(=O)(OCC=C)OCc1ccc(COC(C)=O)c(C(=O)O[C@](Cn2cncn2)(C(=C)S[C@H]2CO[C@H](/C=C/C=C/c3ccc(C#N)cc3F)OC2)c2ccc(F)cc2F)c1. The molecule has 0 saturated carbocycles. The number of ether oxygens (including phenoxy) is 4. The van der Waals surface area contributed by atoms with Crippen LogP contribution >= 0.6 is 19.6 Å². The van der Waals surface area contributed by atoms with E-state index in [-0.39, 0.29) is 71.3 Å². The molecule has 3 aromatic carbocycles. The third-order valence-electron chi connectivity index (χ3n) is 8.84. The number of esters is 2. The second kappa shape index (κ2) is 23.0. The van der Waals surface area contributed by atoms with E-state index in [4.69, 9.17) is 37.8 Å². The van der Waals surface area contributed by atoms with Crippen molar-refractivity contribution in [2.75, 3.05) is 26.4 Å². The lowest BCUT2D eigenvalue weighted by Crippen LogP contribution is -2.41. The Kier molecular flexibility index (Phi) is 17.6. The average Bonchev–Trinajstić information content (AvgIpc) is 3.78. The predicted octanol–water partition coefficient (Wildman–Crippen LogP) is 8.67. The van der Waals surface area contributed by atoms with Crippen molar-refractivity contribution in [1.82, 2.24) is 14.8 Å². The summed E-state index contributed by atoms with van der Waals surface area (Å²) < 4.78 is 98.8. The highest BCUT2D eigenvalue weighted by Crippen LogP contribution is 2.50. The molecule has 0 spiro atoms. The minimum absolute atomic E-state index is 0.0659. The maximum absolute atomic E-state index is 16.1. The van der Waals surface area contributed by atoms with E-state index in [9.17, 15) is 22.9 Å². The quantitative estimate of drug-likeness (QED) is 0.0318. The van der Waals surface area contributed by atoms with Crippen LogP contribution in [0.3, 0.4) is 0 Å². The number of rotatable bonds is 22. The van der Waals surface area contributed by atoms with Gasteiger partial charge in [0, 0.05) is 34.6 Å². The van der Waals surface area contributed by atoms with E-state index in [1.54, 1.807) is 18.2 Å². The summed E-state index contributed by atoms with van der Waals surface area (Å²) in [7, 11) is -4.15. The molecular formula is C44H42F3N4O10PS. The van der Waals surface area contributed by atoms with Crippen molar-refractivity contribution in [2.24, 2.45) is 0 Å². The lowest BCUT2D eigenvalue weighted by atomic mass is 9.92. The van der Waals surface area contributed by atoms with E-state index < -0.39 is 67.5 Å². The number of aromatic nitrogens is 3. The van der Waals surface area contributed by atoms with Gasteiger partial charge in [0.1, 0.15) is 36.7 Å². The number of hydrogen-bond acceptors (Lipinski definition) is 14. The zero-order chi connectivity index (χ0) is 45.4. The molecule has 0 aliphatic carbocycles. The van der Waals surface area contributed by atoms with E-state index in [0.29, 0.717) is 6.07 Å². The molecule has 1 aromatic heterocycles. The molecule has 5 rings (SSSR count). The summed E-state index contributed by atoms with van der Waals surface area (Å²) in [4.78, 5) is 30.5. The van der Waals surface area contributed by atoms with Crippen molar-refractivity contribution < 1.29 is 59.8 Å². The Hall–Kier alpha value is -5.90. The van der Waals surface area contributed by atoms with Gasteiger partial charge in [-0.25, -0.2) is 32.2 Å². The fourth-order valence-electron chi connectivity index (χ4n) is 5.82. The molecule has 1 aliphatic rings. The molecule has 1 saturated heterocycles. The summed E-state index contributed by atoms with van der Waals surface area (Å²) in [5.41, 5.74) is -1.65. The van der Waals surface area contributed by atoms with Gasteiger partial charge in [0.05, 0.1) is 62.0 Å². The molecule has 0 radical (unpaired) electrons. The van der Waals surface area contributed by atoms with Crippen molar-refractivity contribution in [3.8, 4) is 6.07 Å². The van der Waals surface area contributed by atoms with Crippen LogP contribution in [0.2, 0.25) is 0 Å². The maximum atomic E-state index is 16.1. The van der Waals surface area contributed by atoms with Crippen molar-refractivity contribution in [2.45, 2.75) is 43.8 Å². The van der Waals surface area contributed by atoms with Crippen LogP contribution in [0.4, 0.5) is 13.2 Å². The van der Waals surface area contributed by atoms with Gasteiger partial charge in [-0.1, -0.05) is 55.2 Å². The molecule has 1 aliphatic heterocycles. The van der Waals surface area contributed by atoms with Gasteiger partial charge in [0.15, 0.2) is 11.9 Å². The van der Waals surface area contributed by atoms with Crippen LogP contribution in [0, 0.1) is 28.8 Å². The third-order valence-corrected chi connectivity index (χ3v) is 11.4. The van der Waals surface area contributed by atoms with Gasteiger partial charge in [-0.15, -0.1) is 24.9 Å². The van der Waals surface area contributed by atoms with Crippen LogP contribution in [-0.2, 0) is 67.2 Å². The normalized spacial score (nSPS) is 16.3. The topological polar surface area (TPSA) is 170 Å². The van der Waals surface area contributed by atoms with Gasteiger partial charge in [0.2, 0.25) is 0 Å². The summed E-state index contributed by atoms with van der Waals surface area (Å²) in [6.07, 6.45) is 10.7. The van der Waals surface area contributed by atoms with E-state index >= 15 is 4.39 Å². The number of carbonyl (C=O) groups excluding carboxylic acids is 2. The van der Waals surface area contributed by atoms with Gasteiger partial charge in [-0.3, -0.25) is 18.4 Å². The summed E-state index contributed by atoms with van der Waals surface area (Å²) in [5, 5.41) is 12.6. The molecule has 2 heterocycles. The Balaban J connectivity index is 1.44. The van der Waals surface area contributed by atoms with Crippen LogP contribution in [0.1, 0.15) is 45.1 Å². The second-order valence-electron chi connectivity index (χ2n) is 13.4. The van der Waals surface area contributed by atoms with Gasteiger partial charge in [0.25, 0.3) is 0 Å². The second-order valence-corrected chi connectivity index (χ2v) is 16.4. The molecule has 0 N–H and O–H groups in total. The Labute approximate surface area is 365 Å². The first-order chi connectivity index (χ1) is 30.3. The lowest BCUT2D eigenvalue weighted by Gasteiger charge is -2.37. The smallest absolute Gasteiger partial charge is 0.461 e. The van der Waals surface area contributed by atoms with Crippen LogP contribution in [0.25, 0.3) is 6.08 Å². The number of allylic oxidation sites excluding steroid dienone is 2. The lowest BCUT2D eigenvalue weighted by molar-refractivity contribution is -0.146. The highest BCUT2D eigenvalue weighted by atomic mass is 32.2. The maximum Gasteiger partial charge on any atom is 0.475 e. The zero-order valence-corrected chi connectivity index (χ0v) is 35.6. The molecule has 19 heteroatoms. The standard InChI is InChI=1S/C44H42F3N4O10PS/c1-5-17-58-62(54,59-18-6-2)60-23-33-12-14-35(24-55-31(4)52)38(19-33)43(53)61-44(27-51-29-49-28-50-51,39-16-15-36(45)21-41(39)47)30(3)63-37-25-56-42(57-26-37)10-8-7-9-34-13-11-32(22-48)20-40(34)46/h5-16,19-21,28-29,37,42H,1-3,17-18,23-27H2,4H3/b9-7+,10-8+/t37-,42-,44-/m1/s1. The first-order valence-electron chi connectivity index (χ1n) is 18.9. The fraction of sp³-hybridized carbons (Fsp3) is 0.250. The fourth-order valence-corrected chi connectivity index (χ4v) is 8.03. The van der Waals surface area contributed by atoms with E-state index in [2.05, 4.69) is 29.8 Å². The van der Waals surface area contributed by atoms with Gasteiger partial charge >= 0.3 is 19.8 Å². The summed E-state index contributed by atoms with van der Waals surface area (Å²) in [5.74, 6) is -4.23. The minimum Gasteiger partial charge on any atom is -0.461 e. The van der Waals surface area contributed by atoms with Crippen LogP contribution in [-0.4, -0.2) is 64.7 Å².